The number of piperazine rings is 1. The van der Waals surface area contributed by atoms with Crippen LogP contribution in [0.4, 0.5) is 14.6 Å². The van der Waals surface area contributed by atoms with Gasteiger partial charge in [-0.1, -0.05) is 69.9 Å². The second kappa shape index (κ2) is 24.8. The number of nitrogens with one attached hydrogen (secondary N) is 4. The zero-order valence-electron chi connectivity index (χ0n) is 47.8. The number of phenolic OH excluding ortho intramolecular Hbond substituents is 1. The molecule has 3 aromatic heterocycles. The van der Waals surface area contributed by atoms with Crippen LogP contribution in [0.2, 0.25) is 0 Å². The third-order valence-corrected chi connectivity index (χ3v) is 17.7. The number of rotatable bonds is 19. The van der Waals surface area contributed by atoms with Crippen molar-refractivity contribution in [3.63, 3.8) is 0 Å². The standard InChI is InChI=1S/C62H73F2N11O7S/c1-8-45-48(63)22-19-38-23-43(76)25-46(52(38)45)54-53(64)55-47(27-65-54)58(74-29-39-20-21-40(30-74)68-39)72-61(71-55)82-32-42-24-41(28-73(42)7)69-50(78)13-11-9-10-12-14-51(79)70-57(62(4,5)6)60(81)75-31-44(77)26-49(75)59(80)67-34(2)36-15-17-37(18-16-36)56-35(3)66-33-83-56/h1,15-19,22-23,25,27,33-34,39-42,44,49,57,68,76-77H,9-14,20-21,24,26,28-32H2,2-7H3,(H,67,80)(H,69,78)(H,70,79)/t34-,39?,40?,41+,42-,44+,49?,57?/m0/s1. The van der Waals surface area contributed by atoms with Crippen molar-refractivity contribution in [1.29, 1.82) is 0 Å². The van der Waals surface area contributed by atoms with Crippen LogP contribution in [-0.2, 0) is 19.2 Å². The molecule has 0 saturated carbocycles. The monoisotopic (exact) mass is 1150 g/mol. The van der Waals surface area contributed by atoms with Crippen molar-refractivity contribution in [2.24, 2.45) is 5.41 Å². The number of carbonyl (C=O) groups excluding carboxylic acids is 4. The number of halogens is 2. The summed E-state index contributed by atoms with van der Waals surface area (Å²) in [7, 11) is 1.95. The first kappa shape index (κ1) is 58.8. The number of likely N-dealkylation sites (N-methyl/N-ethyl adjacent to an activating group) is 1. The van der Waals surface area contributed by atoms with Gasteiger partial charge in [0.1, 0.15) is 47.3 Å². The summed E-state index contributed by atoms with van der Waals surface area (Å²) >= 11 is 1.57. The maximum absolute atomic E-state index is 17.1. The summed E-state index contributed by atoms with van der Waals surface area (Å²) in [5.74, 6) is 0.0600. The number of pyridine rings is 1. The van der Waals surface area contributed by atoms with E-state index in [2.05, 4.69) is 51.9 Å². The van der Waals surface area contributed by atoms with Crippen LogP contribution < -0.4 is 30.9 Å². The van der Waals surface area contributed by atoms with Crippen LogP contribution in [0.5, 0.6) is 11.8 Å². The van der Waals surface area contributed by atoms with Crippen molar-refractivity contribution in [2.45, 2.75) is 147 Å². The Bertz CT molecular complexity index is 3450. The van der Waals surface area contributed by atoms with E-state index >= 15 is 8.78 Å². The van der Waals surface area contributed by atoms with Gasteiger partial charge in [-0.2, -0.15) is 9.97 Å². The molecule has 6 N–H and O–H groups in total. The minimum atomic E-state index is -0.938. The normalized spacial score (nSPS) is 21.5. The van der Waals surface area contributed by atoms with Crippen molar-refractivity contribution >= 4 is 62.5 Å². The number of benzene rings is 3. The number of aryl methyl sites for hydroxylation is 1. The molecule has 4 unspecified atom stereocenters. The van der Waals surface area contributed by atoms with Crippen LogP contribution in [0.1, 0.15) is 115 Å². The van der Waals surface area contributed by atoms with Crippen molar-refractivity contribution in [1.82, 2.24) is 51.0 Å². The van der Waals surface area contributed by atoms with Crippen LogP contribution in [0.25, 0.3) is 43.4 Å². The predicted octanol–water partition coefficient (Wildman–Crippen LogP) is 7.46. The highest BCUT2D eigenvalue weighted by molar-refractivity contribution is 7.13. The molecule has 438 valence electrons. The SMILES string of the molecule is C#Cc1c(F)ccc2cc(O)cc(-c3ncc4c(N5CC6CCC(C5)N6)nc(OC[C@@H]5C[C@@H](NC(=O)CCCCCCC(=O)NC(C(=O)N6C[C@H](O)CC6C(=O)N[C@@H](C)c6ccc(-c7scnc7C)cc6)C(C)(C)C)CN5C)nc4c3F)c12. The van der Waals surface area contributed by atoms with Gasteiger partial charge in [0.15, 0.2) is 5.82 Å². The number of hydrogen-bond acceptors (Lipinski definition) is 15. The quantitative estimate of drug-likeness (QED) is 0.0342. The molecule has 83 heavy (non-hydrogen) atoms. The lowest BCUT2D eigenvalue weighted by molar-refractivity contribution is -0.144. The third-order valence-electron chi connectivity index (χ3n) is 16.7. The Hall–Kier alpha value is -7.38. The number of aromatic hydroxyl groups is 1. The molecule has 4 aliphatic heterocycles. The third kappa shape index (κ3) is 13.1. The van der Waals surface area contributed by atoms with Gasteiger partial charge < -0.3 is 46.0 Å². The number of aliphatic hydroxyl groups is 1. The van der Waals surface area contributed by atoms with E-state index in [0.717, 1.165) is 41.0 Å². The zero-order valence-corrected chi connectivity index (χ0v) is 48.6. The Labute approximate surface area is 486 Å². The Kier molecular flexibility index (Phi) is 17.6. The molecule has 21 heteroatoms. The first-order valence-electron chi connectivity index (χ1n) is 28.7. The van der Waals surface area contributed by atoms with E-state index in [1.165, 1.54) is 35.4 Å². The van der Waals surface area contributed by atoms with Crippen molar-refractivity contribution in [2.75, 3.05) is 44.7 Å². The average molecular weight is 1150 g/mol. The number of carbonyl (C=O) groups is 4. The summed E-state index contributed by atoms with van der Waals surface area (Å²) in [4.78, 5) is 79.6. The lowest BCUT2D eigenvalue weighted by Gasteiger charge is -2.35. The topological polar surface area (TPSA) is 227 Å². The number of fused-ring (bicyclic) bond motifs is 4. The minimum absolute atomic E-state index is 0.0225. The van der Waals surface area contributed by atoms with Crippen LogP contribution in [0.15, 0.2) is 60.2 Å². The maximum atomic E-state index is 17.1. The van der Waals surface area contributed by atoms with Crippen LogP contribution in [0, 0.1) is 36.3 Å². The van der Waals surface area contributed by atoms with Gasteiger partial charge in [0.05, 0.1) is 39.2 Å². The van der Waals surface area contributed by atoms with E-state index in [1.807, 2.05) is 71.4 Å². The molecule has 4 fully saturated rings. The molecule has 10 rings (SSSR count). The Morgan fingerprint density at radius 1 is 0.928 bits per heavy atom. The summed E-state index contributed by atoms with van der Waals surface area (Å²) in [6, 6.07) is 11.3. The highest BCUT2D eigenvalue weighted by Gasteiger charge is 2.45. The van der Waals surface area contributed by atoms with Gasteiger partial charge in [-0.05, 0) is 93.1 Å². The fourth-order valence-corrected chi connectivity index (χ4v) is 13.1. The van der Waals surface area contributed by atoms with Gasteiger partial charge in [-0.25, -0.2) is 13.8 Å². The maximum Gasteiger partial charge on any atom is 0.319 e. The lowest BCUT2D eigenvalue weighted by Crippen LogP contribution is -2.57. The second-order valence-electron chi connectivity index (χ2n) is 23.9. The Balaban J connectivity index is 0.697. The highest BCUT2D eigenvalue weighted by atomic mass is 32.1. The van der Waals surface area contributed by atoms with Gasteiger partial charge in [-0.15, -0.1) is 17.8 Å². The summed E-state index contributed by atoms with van der Waals surface area (Å²) < 4.78 is 38.5. The first-order chi connectivity index (χ1) is 39.7. The molecule has 6 aromatic rings. The average Bonchev–Trinajstić information content (AvgIpc) is 4.44. The predicted molar refractivity (Wildman–Crippen MR) is 314 cm³/mol. The fraction of sp³-hybridized carbons (Fsp3) is 0.484. The van der Waals surface area contributed by atoms with Crippen LogP contribution in [-0.4, -0.2) is 146 Å². The molecule has 0 aliphatic carbocycles. The smallest absolute Gasteiger partial charge is 0.319 e. The highest BCUT2D eigenvalue weighted by Crippen LogP contribution is 2.40. The number of unbranched alkanes of at least 4 members (excludes halogenated alkanes) is 3. The lowest BCUT2D eigenvalue weighted by atomic mass is 9.85. The van der Waals surface area contributed by atoms with Crippen LogP contribution in [0.3, 0.4) is 0 Å². The molecule has 8 atom stereocenters. The fourth-order valence-electron chi connectivity index (χ4n) is 12.3. The molecule has 0 radical (unpaired) electrons. The first-order valence-corrected chi connectivity index (χ1v) is 29.6. The number of anilines is 1. The summed E-state index contributed by atoms with van der Waals surface area (Å²) in [5.41, 5.74) is 3.82. The summed E-state index contributed by atoms with van der Waals surface area (Å²) in [6.07, 6.45) is 12.1. The second-order valence-corrected chi connectivity index (χ2v) is 24.8. The molecule has 0 spiro atoms. The molecular formula is C62H73F2N11O7S. The van der Waals surface area contributed by atoms with Gasteiger partial charge in [0, 0.05) is 86.8 Å². The van der Waals surface area contributed by atoms with E-state index in [1.54, 1.807) is 11.3 Å². The largest absolute Gasteiger partial charge is 0.508 e. The number of nitrogens with zero attached hydrogens (tertiary/aromatic N) is 7. The summed E-state index contributed by atoms with van der Waals surface area (Å²) in [6.45, 7) is 11.4. The van der Waals surface area contributed by atoms with Gasteiger partial charge in [-0.3, -0.25) is 29.1 Å². The molecule has 2 bridgehead atoms. The van der Waals surface area contributed by atoms with Crippen molar-refractivity contribution < 1.29 is 42.9 Å². The van der Waals surface area contributed by atoms with Crippen LogP contribution >= 0.6 is 11.3 Å². The number of ether oxygens (including phenoxy) is 1. The number of hydrogen-bond donors (Lipinski definition) is 6. The van der Waals surface area contributed by atoms with Gasteiger partial charge >= 0.3 is 6.01 Å². The number of amides is 4. The van der Waals surface area contributed by atoms with Crippen molar-refractivity contribution in [3.8, 4) is 45.8 Å². The molecule has 4 amide bonds. The number of aliphatic hydroxyl groups excluding tert-OH is 1. The Morgan fingerprint density at radius 2 is 1.65 bits per heavy atom. The molecule has 4 aliphatic rings. The summed E-state index contributed by atoms with van der Waals surface area (Å²) in [5, 5.41) is 35.2. The van der Waals surface area contributed by atoms with E-state index < -0.39 is 41.1 Å². The minimum Gasteiger partial charge on any atom is -0.508 e. The molecule has 4 saturated heterocycles. The van der Waals surface area contributed by atoms with Crippen molar-refractivity contribution in [3.05, 3.63) is 88.7 Å². The molecule has 18 nitrogen and oxygen atoms in total. The molecule has 7 heterocycles. The molecular weight excluding hydrogens is 1080 g/mol. The van der Waals surface area contributed by atoms with E-state index in [-0.39, 0.29) is 113 Å². The number of thiazole rings is 1. The van der Waals surface area contributed by atoms with Gasteiger partial charge in [0.25, 0.3) is 0 Å². The van der Waals surface area contributed by atoms with E-state index in [9.17, 15) is 29.4 Å². The molecule has 3 aromatic carbocycles. The number of phenols is 1. The number of terminal acetylenes is 1. The number of likely N-dealkylation sites (tertiary alicyclic amines) is 2. The van der Waals surface area contributed by atoms with Gasteiger partial charge in [0.2, 0.25) is 23.6 Å². The number of aromatic nitrogens is 4. The van der Waals surface area contributed by atoms with E-state index in [4.69, 9.17) is 16.1 Å². The zero-order chi connectivity index (χ0) is 58.9. The number of β-amino-alcohol motifs (C(OH)–C–C–N with tert-alkyl or cyclic N) is 1. The van der Waals surface area contributed by atoms with E-state index in [0.29, 0.717) is 68.3 Å². The Morgan fingerprint density at radius 3 is 2.34 bits per heavy atom.